The largest absolute Gasteiger partial charge is 0.408 e. The van der Waals surface area contributed by atoms with Gasteiger partial charge in [0.05, 0.1) is 13.5 Å². The fraction of sp³-hybridized carbons (Fsp3) is 0.786. The van der Waals surface area contributed by atoms with Gasteiger partial charge in [-0.2, -0.15) is 13.2 Å². The third kappa shape index (κ3) is 3.97. The molecule has 4 amide bonds. The van der Waals surface area contributed by atoms with Gasteiger partial charge in [-0.3, -0.25) is 19.3 Å². The van der Waals surface area contributed by atoms with Crippen LogP contribution >= 0.6 is 0 Å². The summed E-state index contributed by atoms with van der Waals surface area (Å²) < 4.78 is 39.9. The molecular weight excluding hydrogens is 331 g/mol. The maximum Gasteiger partial charge on any atom is 0.408 e. The number of likely N-dealkylation sites (tertiary alicyclic amines) is 1. The van der Waals surface area contributed by atoms with Crippen molar-refractivity contribution in [1.82, 2.24) is 15.7 Å². The van der Waals surface area contributed by atoms with Crippen LogP contribution in [0.2, 0.25) is 0 Å². The Bertz CT molecular complexity index is 506. The van der Waals surface area contributed by atoms with E-state index < -0.39 is 42.0 Å². The van der Waals surface area contributed by atoms with Crippen LogP contribution in [-0.4, -0.2) is 48.1 Å². The highest BCUT2D eigenvalue weighted by Gasteiger charge is 2.50. The molecule has 1 aliphatic heterocycles. The van der Waals surface area contributed by atoms with Crippen molar-refractivity contribution in [3.05, 3.63) is 0 Å². The minimum absolute atomic E-state index is 0.247. The molecule has 24 heavy (non-hydrogen) atoms. The molecule has 1 heterocycles. The molecule has 7 nitrogen and oxygen atoms in total. The van der Waals surface area contributed by atoms with Crippen molar-refractivity contribution in [2.45, 2.75) is 56.8 Å². The summed E-state index contributed by atoms with van der Waals surface area (Å²) >= 11 is 0. The van der Waals surface area contributed by atoms with Crippen molar-refractivity contribution in [1.29, 1.82) is 0 Å². The molecule has 1 saturated heterocycles. The number of amides is 4. The Balaban J connectivity index is 2.06. The Labute approximate surface area is 136 Å². The number of halogens is 3. The second kappa shape index (κ2) is 7.37. The molecule has 0 bridgehead atoms. The number of carbonyl (C=O) groups excluding carboxylic acids is 3. The van der Waals surface area contributed by atoms with Crippen LogP contribution in [-0.2, 0) is 14.4 Å². The van der Waals surface area contributed by atoms with E-state index in [0.717, 1.165) is 6.42 Å². The van der Waals surface area contributed by atoms with Crippen molar-refractivity contribution in [3.8, 4) is 0 Å². The SMILES string of the molecule is CONC(=O)C1CC(=O)N1C(=O)NC(C1CCCCC1)C(F)(F)F. The molecule has 2 unspecified atom stereocenters. The Hall–Kier alpha value is -1.84. The van der Waals surface area contributed by atoms with Crippen LogP contribution in [0, 0.1) is 5.92 Å². The summed E-state index contributed by atoms with van der Waals surface area (Å²) in [6, 6.07) is -4.38. The zero-order chi connectivity index (χ0) is 17.9. The molecule has 0 radical (unpaired) electrons. The smallest absolute Gasteiger partial charge is 0.325 e. The maximum absolute atomic E-state index is 13.3. The number of nitrogens with one attached hydrogen (secondary N) is 2. The quantitative estimate of drug-likeness (QED) is 0.593. The summed E-state index contributed by atoms with van der Waals surface area (Å²) in [4.78, 5) is 40.2. The number of hydroxylamine groups is 1. The number of rotatable bonds is 4. The van der Waals surface area contributed by atoms with Gasteiger partial charge in [0.2, 0.25) is 5.91 Å². The summed E-state index contributed by atoms with van der Waals surface area (Å²) in [5, 5.41) is 1.91. The van der Waals surface area contributed by atoms with E-state index in [1.54, 1.807) is 0 Å². The van der Waals surface area contributed by atoms with Crippen LogP contribution in [0.5, 0.6) is 0 Å². The van der Waals surface area contributed by atoms with Crippen LogP contribution in [0.4, 0.5) is 18.0 Å². The number of carbonyl (C=O) groups is 3. The van der Waals surface area contributed by atoms with E-state index in [-0.39, 0.29) is 6.42 Å². The molecular formula is C14H20F3N3O4. The first-order chi connectivity index (χ1) is 11.3. The highest BCUT2D eigenvalue weighted by atomic mass is 19.4. The fourth-order valence-corrected chi connectivity index (χ4v) is 3.19. The van der Waals surface area contributed by atoms with E-state index >= 15 is 0 Å². The molecule has 0 aromatic rings. The van der Waals surface area contributed by atoms with Crippen molar-refractivity contribution in [2.24, 2.45) is 5.92 Å². The van der Waals surface area contributed by atoms with Crippen molar-refractivity contribution < 1.29 is 32.4 Å². The van der Waals surface area contributed by atoms with Gasteiger partial charge in [0.15, 0.2) is 0 Å². The van der Waals surface area contributed by atoms with E-state index in [4.69, 9.17) is 0 Å². The summed E-state index contributed by atoms with van der Waals surface area (Å²) in [6.07, 6.45) is -1.90. The predicted octanol–water partition coefficient (Wildman–Crippen LogP) is 1.49. The highest BCUT2D eigenvalue weighted by Crippen LogP contribution is 2.35. The topological polar surface area (TPSA) is 87.7 Å². The lowest BCUT2D eigenvalue weighted by molar-refractivity contribution is -0.169. The first-order valence-electron chi connectivity index (χ1n) is 7.77. The minimum Gasteiger partial charge on any atom is -0.325 e. The van der Waals surface area contributed by atoms with Crippen LogP contribution in [0.15, 0.2) is 0 Å². The Kier molecular flexibility index (Phi) is 5.68. The van der Waals surface area contributed by atoms with Crippen molar-refractivity contribution >= 4 is 17.8 Å². The van der Waals surface area contributed by atoms with Gasteiger partial charge in [0.1, 0.15) is 12.1 Å². The standard InChI is InChI=1S/C14H20F3N3O4/c1-24-19-12(22)9-7-10(21)20(9)13(23)18-11(14(15,16)17)8-5-3-2-4-6-8/h8-9,11H,2-7H2,1H3,(H,18,23)(H,19,22). The molecule has 1 saturated carbocycles. The number of hydrogen-bond donors (Lipinski definition) is 2. The van der Waals surface area contributed by atoms with Crippen molar-refractivity contribution in [3.63, 3.8) is 0 Å². The summed E-state index contributed by atoms with van der Waals surface area (Å²) in [5.74, 6) is -2.17. The molecule has 10 heteroatoms. The average Bonchev–Trinajstić information content (AvgIpc) is 2.50. The Morgan fingerprint density at radius 2 is 1.88 bits per heavy atom. The van der Waals surface area contributed by atoms with Gasteiger partial charge in [0.25, 0.3) is 5.91 Å². The van der Waals surface area contributed by atoms with Crippen LogP contribution < -0.4 is 10.8 Å². The van der Waals surface area contributed by atoms with E-state index in [0.29, 0.717) is 30.6 Å². The van der Waals surface area contributed by atoms with E-state index in [9.17, 15) is 27.6 Å². The fourth-order valence-electron chi connectivity index (χ4n) is 3.19. The molecule has 136 valence electrons. The number of imide groups is 1. The molecule has 2 fully saturated rings. The van der Waals surface area contributed by atoms with Crippen molar-refractivity contribution in [2.75, 3.05) is 7.11 Å². The van der Waals surface area contributed by atoms with Gasteiger partial charge in [-0.1, -0.05) is 19.3 Å². The summed E-state index contributed by atoms with van der Waals surface area (Å²) in [7, 11) is 1.17. The molecule has 0 aromatic heterocycles. The third-order valence-corrected chi connectivity index (χ3v) is 4.43. The summed E-state index contributed by atoms with van der Waals surface area (Å²) in [5.41, 5.74) is 1.96. The van der Waals surface area contributed by atoms with Gasteiger partial charge >= 0.3 is 12.2 Å². The second-order valence-electron chi connectivity index (χ2n) is 6.02. The first kappa shape index (κ1) is 18.5. The lowest BCUT2D eigenvalue weighted by atomic mass is 9.83. The van der Waals surface area contributed by atoms with E-state index in [1.165, 1.54) is 7.11 Å². The molecule has 2 atom stereocenters. The zero-order valence-corrected chi connectivity index (χ0v) is 13.2. The Morgan fingerprint density at radius 3 is 2.38 bits per heavy atom. The van der Waals surface area contributed by atoms with E-state index in [2.05, 4.69) is 4.84 Å². The molecule has 2 rings (SSSR count). The number of β-lactam (4-membered cyclic amide) rings is 1. The molecule has 0 aromatic carbocycles. The van der Waals surface area contributed by atoms with Crippen LogP contribution in [0.3, 0.4) is 0 Å². The van der Waals surface area contributed by atoms with Crippen LogP contribution in [0.1, 0.15) is 38.5 Å². The molecule has 2 N–H and O–H groups in total. The van der Waals surface area contributed by atoms with Crippen LogP contribution in [0.25, 0.3) is 0 Å². The number of nitrogens with zero attached hydrogens (tertiary/aromatic N) is 1. The maximum atomic E-state index is 13.3. The van der Waals surface area contributed by atoms with E-state index in [1.807, 2.05) is 10.8 Å². The molecule has 2 aliphatic rings. The Morgan fingerprint density at radius 1 is 1.25 bits per heavy atom. The minimum atomic E-state index is -4.62. The number of alkyl halides is 3. The second-order valence-corrected chi connectivity index (χ2v) is 6.02. The first-order valence-corrected chi connectivity index (χ1v) is 7.77. The third-order valence-electron chi connectivity index (χ3n) is 4.43. The van der Waals surface area contributed by atoms with Gasteiger partial charge in [-0.15, -0.1) is 0 Å². The monoisotopic (exact) mass is 351 g/mol. The van der Waals surface area contributed by atoms with Gasteiger partial charge in [-0.05, 0) is 18.8 Å². The predicted molar refractivity (Wildman–Crippen MR) is 75.4 cm³/mol. The average molecular weight is 351 g/mol. The highest BCUT2D eigenvalue weighted by molar-refractivity contribution is 6.07. The lowest BCUT2D eigenvalue weighted by Gasteiger charge is -2.39. The zero-order valence-electron chi connectivity index (χ0n) is 13.2. The number of urea groups is 1. The van der Waals surface area contributed by atoms with Gasteiger partial charge in [-0.25, -0.2) is 10.3 Å². The molecule has 1 aliphatic carbocycles. The summed E-state index contributed by atoms with van der Waals surface area (Å²) in [6.45, 7) is 0. The lowest BCUT2D eigenvalue weighted by Crippen LogP contribution is -2.66. The van der Waals surface area contributed by atoms with Gasteiger partial charge in [0, 0.05) is 0 Å². The molecule has 0 spiro atoms. The normalized spacial score (nSPS) is 23.4. The number of hydrogen-bond acceptors (Lipinski definition) is 4. The van der Waals surface area contributed by atoms with Gasteiger partial charge < -0.3 is 5.32 Å².